The minimum atomic E-state index is -1.02. The first-order valence-electron chi connectivity index (χ1n) is 11.7. The summed E-state index contributed by atoms with van der Waals surface area (Å²) >= 11 is 0. The van der Waals surface area contributed by atoms with Gasteiger partial charge in [-0.3, -0.25) is 4.79 Å². The minimum absolute atomic E-state index is 0.0535. The van der Waals surface area contributed by atoms with Crippen LogP contribution in [-0.2, 0) is 9.53 Å². The molecular weight excluding hydrogens is 404 g/mol. The smallest absolute Gasteiger partial charge is 0.407 e. The van der Waals surface area contributed by atoms with Crippen molar-refractivity contribution in [3.8, 4) is 11.1 Å². The maximum atomic E-state index is 12.3. The third kappa shape index (κ3) is 6.10. The Morgan fingerprint density at radius 3 is 2.16 bits per heavy atom. The number of hydrogen-bond acceptors (Lipinski definition) is 4. The first-order valence-corrected chi connectivity index (χ1v) is 11.7. The summed E-state index contributed by atoms with van der Waals surface area (Å²) < 4.78 is 5.46. The molecule has 1 aliphatic rings. The average Bonchev–Trinajstić information content (AvgIpc) is 3.14. The molecule has 0 aliphatic heterocycles. The van der Waals surface area contributed by atoms with Crippen molar-refractivity contribution in [2.24, 2.45) is 0 Å². The van der Waals surface area contributed by atoms with Gasteiger partial charge in [0.2, 0.25) is 5.91 Å². The molecule has 0 unspecified atom stereocenters. The summed E-state index contributed by atoms with van der Waals surface area (Å²) in [5.74, 6) is -0.447. The highest BCUT2D eigenvalue weighted by Gasteiger charge is 2.29. The van der Waals surface area contributed by atoms with Gasteiger partial charge in [-0.05, 0) is 28.7 Å². The zero-order valence-corrected chi connectivity index (χ0v) is 18.8. The second kappa shape index (κ2) is 12.2. The van der Waals surface area contributed by atoms with Gasteiger partial charge in [0.1, 0.15) is 12.6 Å². The Bertz CT molecular complexity index is 853. The summed E-state index contributed by atoms with van der Waals surface area (Å²) in [4.78, 5) is 24.6. The zero-order chi connectivity index (χ0) is 22.8. The number of ether oxygens (including phenoxy) is 1. The quantitative estimate of drug-likeness (QED) is 0.430. The van der Waals surface area contributed by atoms with E-state index in [4.69, 9.17) is 4.74 Å². The van der Waals surface area contributed by atoms with Crippen LogP contribution in [0.5, 0.6) is 0 Å². The maximum Gasteiger partial charge on any atom is 0.407 e. The molecule has 0 saturated heterocycles. The Labute approximate surface area is 190 Å². The molecule has 2 aromatic carbocycles. The summed E-state index contributed by atoms with van der Waals surface area (Å²) in [6, 6.07) is 15.2. The third-order valence-corrected chi connectivity index (χ3v) is 5.96. The maximum absolute atomic E-state index is 12.3. The van der Waals surface area contributed by atoms with E-state index >= 15 is 0 Å². The molecule has 2 amide bonds. The Hall–Kier alpha value is -2.86. The number of alkyl carbamates (subject to hydrolysis) is 1. The summed E-state index contributed by atoms with van der Waals surface area (Å²) in [6.45, 7) is 2.40. The molecule has 1 atom stereocenters. The molecule has 0 saturated carbocycles. The Morgan fingerprint density at radius 2 is 1.53 bits per heavy atom. The summed E-state index contributed by atoms with van der Waals surface area (Å²) in [7, 11) is 0. The van der Waals surface area contributed by atoms with E-state index in [9.17, 15) is 14.7 Å². The van der Waals surface area contributed by atoms with Gasteiger partial charge in [-0.15, -0.1) is 0 Å². The molecular formula is C26H34N2O4. The predicted octanol–water partition coefficient (Wildman–Crippen LogP) is 4.36. The summed E-state index contributed by atoms with van der Waals surface area (Å²) in [5, 5.41) is 14.8. The minimum Gasteiger partial charge on any atom is -0.449 e. The molecule has 0 bridgehead atoms. The number of amides is 2. The summed E-state index contributed by atoms with van der Waals surface area (Å²) in [6.07, 6.45) is 6.06. The number of rotatable bonds is 12. The second-order valence-electron chi connectivity index (χ2n) is 8.26. The molecule has 6 nitrogen and oxygen atoms in total. The number of aliphatic hydroxyl groups excluding tert-OH is 1. The largest absolute Gasteiger partial charge is 0.449 e. The van der Waals surface area contributed by atoms with E-state index < -0.39 is 24.6 Å². The molecule has 6 heteroatoms. The Balaban J connectivity index is 1.46. The van der Waals surface area contributed by atoms with Gasteiger partial charge < -0.3 is 20.5 Å². The van der Waals surface area contributed by atoms with Crippen molar-refractivity contribution in [1.82, 2.24) is 10.6 Å². The lowest BCUT2D eigenvalue weighted by molar-refractivity contribution is -0.123. The molecule has 2 aromatic rings. The normalized spacial score (nSPS) is 13.2. The van der Waals surface area contributed by atoms with Gasteiger partial charge in [0.05, 0.1) is 6.61 Å². The fourth-order valence-electron chi connectivity index (χ4n) is 4.22. The van der Waals surface area contributed by atoms with E-state index in [0.29, 0.717) is 6.54 Å². The number of fused-ring (bicyclic) bond motifs is 3. The van der Waals surface area contributed by atoms with Crippen LogP contribution >= 0.6 is 0 Å². The van der Waals surface area contributed by atoms with Crippen LogP contribution in [0.3, 0.4) is 0 Å². The highest BCUT2D eigenvalue weighted by molar-refractivity contribution is 5.85. The SMILES string of the molecule is CCCCCCCCNC(=O)[C@H](CO)NC(=O)OCC1c2ccccc2-c2ccccc21. The third-order valence-electron chi connectivity index (χ3n) is 5.96. The molecule has 32 heavy (non-hydrogen) atoms. The number of nitrogens with one attached hydrogen (secondary N) is 2. The fraction of sp³-hybridized carbons (Fsp3) is 0.462. The molecule has 3 rings (SSSR count). The molecule has 0 radical (unpaired) electrons. The van der Waals surface area contributed by atoms with E-state index in [1.54, 1.807) is 0 Å². The van der Waals surface area contributed by atoms with Gasteiger partial charge in [0.15, 0.2) is 0 Å². The van der Waals surface area contributed by atoms with Crippen molar-refractivity contribution >= 4 is 12.0 Å². The number of aliphatic hydroxyl groups is 1. The van der Waals surface area contributed by atoms with Crippen molar-refractivity contribution in [3.63, 3.8) is 0 Å². The van der Waals surface area contributed by atoms with Crippen LogP contribution in [0.2, 0.25) is 0 Å². The van der Waals surface area contributed by atoms with E-state index in [2.05, 4.69) is 29.7 Å². The van der Waals surface area contributed by atoms with E-state index in [1.165, 1.54) is 19.3 Å². The fourth-order valence-corrected chi connectivity index (χ4v) is 4.22. The lowest BCUT2D eigenvalue weighted by atomic mass is 9.98. The van der Waals surface area contributed by atoms with Gasteiger partial charge >= 0.3 is 6.09 Å². The van der Waals surface area contributed by atoms with Gasteiger partial charge in [-0.2, -0.15) is 0 Å². The molecule has 1 aliphatic carbocycles. The molecule has 3 N–H and O–H groups in total. The molecule has 0 aromatic heterocycles. The Morgan fingerprint density at radius 1 is 0.938 bits per heavy atom. The van der Waals surface area contributed by atoms with E-state index in [0.717, 1.165) is 41.5 Å². The van der Waals surface area contributed by atoms with Crippen molar-refractivity contribution in [1.29, 1.82) is 0 Å². The van der Waals surface area contributed by atoms with Crippen LogP contribution in [0, 0.1) is 0 Å². The lowest BCUT2D eigenvalue weighted by Gasteiger charge is -2.18. The topological polar surface area (TPSA) is 87.7 Å². The van der Waals surface area contributed by atoms with Crippen molar-refractivity contribution in [2.75, 3.05) is 19.8 Å². The van der Waals surface area contributed by atoms with Crippen molar-refractivity contribution < 1.29 is 19.4 Å². The zero-order valence-electron chi connectivity index (χ0n) is 18.8. The summed E-state index contributed by atoms with van der Waals surface area (Å²) in [5.41, 5.74) is 4.55. The van der Waals surface area contributed by atoms with E-state index in [-0.39, 0.29) is 12.5 Å². The lowest BCUT2D eigenvalue weighted by Crippen LogP contribution is -2.49. The molecule has 0 heterocycles. The average molecular weight is 439 g/mol. The molecule has 0 spiro atoms. The van der Waals surface area contributed by atoms with Gasteiger partial charge in [0.25, 0.3) is 0 Å². The number of unbranched alkanes of at least 4 members (excludes halogenated alkanes) is 5. The van der Waals surface area contributed by atoms with Crippen LogP contribution in [0.25, 0.3) is 11.1 Å². The first-order chi connectivity index (χ1) is 15.7. The Kier molecular flexibility index (Phi) is 9.11. The highest BCUT2D eigenvalue weighted by atomic mass is 16.5. The van der Waals surface area contributed by atoms with Gasteiger partial charge in [0, 0.05) is 12.5 Å². The van der Waals surface area contributed by atoms with Crippen LogP contribution in [0.15, 0.2) is 48.5 Å². The predicted molar refractivity (Wildman–Crippen MR) is 125 cm³/mol. The molecule has 0 fully saturated rings. The van der Waals surface area contributed by atoms with Crippen LogP contribution < -0.4 is 10.6 Å². The first kappa shape index (κ1) is 23.8. The highest BCUT2D eigenvalue weighted by Crippen LogP contribution is 2.44. The van der Waals surface area contributed by atoms with Crippen molar-refractivity contribution in [2.45, 2.75) is 57.4 Å². The van der Waals surface area contributed by atoms with Crippen LogP contribution in [-0.4, -0.2) is 42.9 Å². The van der Waals surface area contributed by atoms with Crippen LogP contribution in [0.4, 0.5) is 4.79 Å². The number of carbonyl (C=O) groups excluding carboxylic acids is 2. The van der Waals surface area contributed by atoms with Crippen molar-refractivity contribution in [3.05, 3.63) is 59.7 Å². The number of hydrogen-bond donors (Lipinski definition) is 3. The molecule has 172 valence electrons. The number of benzene rings is 2. The van der Waals surface area contributed by atoms with Gasteiger partial charge in [-0.25, -0.2) is 4.79 Å². The number of carbonyl (C=O) groups is 2. The van der Waals surface area contributed by atoms with E-state index in [1.807, 2.05) is 36.4 Å². The second-order valence-corrected chi connectivity index (χ2v) is 8.26. The standard InChI is InChI=1S/C26H34N2O4/c1-2-3-4-5-6-11-16-27-25(30)24(17-29)28-26(31)32-18-23-21-14-9-7-12-19(21)20-13-8-10-15-22(20)23/h7-10,12-15,23-24,29H,2-6,11,16-18H2,1H3,(H,27,30)(H,28,31)/t24-/m0/s1. The van der Waals surface area contributed by atoms with Gasteiger partial charge in [-0.1, -0.05) is 87.6 Å². The van der Waals surface area contributed by atoms with Crippen LogP contribution in [0.1, 0.15) is 62.5 Å². The monoisotopic (exact) mass is 438 g/mol.